The van der Waals surface area contributed by atoms with Crippen LogP contribution in [0, 0.1) is 22.7 Å². The van der Waals surface area contributed by atoms with Crippen LogP contribution in [-0.2, 0) is 4.79 Å². The number of fused-ring (bicyclic) bond motifs is 1. The molecule has 0 aromatic rings. The molecule has 4 heteroatoms. The van der Waals surface area contributed by atoms with E-state index >= 15 is 0 Å². The number of rotatable bonds is 3. The Morgan fingerprint density at radius 1 is 1.47 bits per heavy atom. The summed E-state index contributed by atoms with van der Waals surface area (Å²) < 4.78 is 0. The van der Waals surface area contributed by atoms with Gasteiger partial charge >= 0.3 is 0 Å². The lowest BCUT2D eigenvalue weighted by molar-refractivity contribution is -0.136. The highest BCUT2D eigenvalue weighted by molar-refractivity contribution is 5.84. The predicted molar refractivity (Wildman–Crippen MR) is 71.8 cm³/mol. The SMILES string of the molecule is C=CC1(C(N)C(=O)N2C(C#N)CC3CC32)CCCC1. The summed E-state index contributed by atoms with van der Waals surface area (Å²) in [7, 11) is 0. The van der Waals surface area contributed by atoms with Gasteiger partial charge < -0.3 is 10.6 Å². The Labute approximate surface area is 114 Å². The lowest BCUT2D eigenvalue weighted by Gasteiger charge is -2.35. The van der Waals surface area contributed by atoms with Crippen molar-refractivity contribution in [2.45, 2.75) is 56.7 Å². The highest BCUT2D eigenvalue weighted by atomic mass is 16.2. The van der Waals surface area contributed by atoms with Crippen LogP contribution in [0.5, 0.6) is 0 Å². The topological polar surface area (TPSA) is 70.1 Å². The Balaban J connectivity index is 1.80. The van der Waals surface area contributed by atoms with Gasteiger partial charge in [0, 0.05) is 11.5 Å². The standard InChI is InChI=1S/C15H21N3O/c1-2-15(5-3-4-6-15)13(17)14(19)18-11(9-16)7-10-8-12(10)18/h2,10-13H,1,3-8,17H2. The molecule has 3 aliphatic rings. The van der Waals surface area contributed by atoms with Gasteiger partial charge in [0.1, 0.15) is 6.04 Å². The Morgan fingerprint density at radius 3 is 2.74 bits per heavy atom. The van der Waals surface area contributed by atoms with Gasteiger partial charge in [0.15, 0.2) is 0 Å². The second-order valence-corrected chi connectivity index (χ2v) is 6.31. The fourth-order valence-electron chi connectivity index (χ4n) is 3.97. The van der Waals surface area contributed by atoms with Crippen molar-refractivity contribution in [3.63, 3.8) is 0 Å². The average molecular weight is 259 g/mol. The smallest absolute Gasteiger partial charge is 0.241 e. The number of hydrogen-bond donors (Lipinski definition) is 1. The van der Waals surface area contributed by atoms with Crippen LogP contribution in [0.1, 0.15) is 38.5 Å². The molecule has 2 saturated carbocycles. The highest BCUT2D eigenvalue weighted by Gasteiger charge is 2.56. The van der Waals surface area contributed by atoms with Gasteiger partial charge in [-0.3, -0.25) is 4.79 Å². The number of nitrogens with two attached hydrogens (primary N) is 1. The molecule has 0 radical (unpaired) electrons. The van der Waals surface area contributed by atoms with Crippen LogP contribution < -0.4 is 5.73 Å². The van der Waals surface area contributed by atoms with Crippen LogP contribution in [0.2, 0.25) is 0 Å². The molecule has 3 fully saturated rings. The maximum atomic E-state index is 12.7. The van der Waals surface area contributed by atoms with E-state index in [0.717, 1.165) is 38.5 Å². The minimum absolute atomic E-state index is 0.0293. The van der Waals surface area contributed by atoms with E-state index in [-0.39, 0.29) is 23.4 Å². The zero-order chi connectivity index (χ0) is 13.6. The number of piperidine rings is 1. The molecule has 2 aliphatic carbocycles. The molecule has 3 rings (SSSR count). The molecule has 1 aliphatic heterocycles. The zero-order valence-corrected chi connectivity index (χ0v) is 11.2. The Bertz CT molecular complexity index is 447. The lowest BCUT2D eigenvalue weighted by Crippen LogP contribution is -2.54. The summed E-state index contributed by atoms with van der Waals surface area (Å²) >= 11 is 0. The molecule has 1 heterocycles. The molecule has 0 aromatic carbocycles. The number of carbonyl (C=O) groups is 1. The van der Waals surface area contributed by atoms with E-state index in [1.165, 1.54) is 0 Å². The Kier molecular flexibility index (Phi) is 2.90. The molecular weight excluding hydrogens is 238 g/mol. The number of likely N-dealkylation sites (tertiary alicyclic amines) is 1. The first kappa shape index (κ1) is 12.7. The van der Waals surface area contributed by atoms with Gasteiger partial charge in [-0.15, -0.1) is 6.58 Å². The third-order valence-corrected chi connectivity index (χ3v) is 5.33. The van der Waals surface area contributed by atoms with Crippen molar-refractivity contribution in [3.05, 3.63) is 12.7 Å². The molecule has 0 spiro atoms. The quantitative estimate of drug-likeness (QED) is 0.782. The highest BCUT2D eigenvalue weighted by Crippen LogP contribution is 2.49. The van der Waals surface area contributed by atoms with Crippen LogP contribution in [-0.4, -0.2) is 28.9 Å². The van der Waals surface area contributed by atoms with Gasteiger partial charge in [-0.05, 0) is 31.6 Å². The van der Waals surface area contributed by atoms with Crippen molar-refractivity contribution >= 4 is 5.91 Å². The summed E-state index contributed by atoms with van der Waals surface area (Å²) in [6.07, 6.45) is 7.88. The molecule has 4 nitrogen and oxygen atoms in total. The van der Waals surface area contributed by atoms with Crippen LogP contribution in [0.3, 0.4) is 0 Å². The second kappa shape index (κ2) is 4.35. The van der Waals surface area contributed by atoms with Gasteiger partial charge in [0.2, 0.25) is 5.91 Å². The maximum absolute atomic E-state index is 12.7. The predicted octanol–water partition coefficient (Wildman–Crippen LogP) is 1.57. The van der Waals surface area contributed by atoms with Crippen molar-refractivity contribution in [2.75, 3.05) is 0 Å². The Hall–Kier alpha value is -1.34. The van der Waals surface area contributed by atoms with Crippen molar-refractivity contribution in [1.82, 2.24) is 4.90 Å². The van der Waals surface area contributed by atoms with Crippen molar-refractivity contribution in [1.29, 1.82) is 5.26 Å². The third kappa shape index (κ3) is 1.80. The first-order valence-corrected chi connectivity index (χ1v) is 7.24. The van der Waals surface area contributed by atoms with Gasteiger partial charge in [-0.2, -0.15) is 5.26 Å². The van der Waals surface area contributed by atoms with E-state index in [2.05, 4.69) is 12.6 Å². The summed E-state index contributed by atoms with van der Waals surface area (Å²) in [6.45, 7) is 3.90. The number of carbonyl (C=O) groups excluding carboxylic acids is 1. The molecule has 1 saturated heterocycles. The summed E-state index contributed by atoms with van der Waals surface area (Å²) in [5, 5.41) is 9.19. The van der Waals surface area contributed by atoms with E-state index < -0.39 is 6.04 Å². The Morgan fingerprint density at radius 2 is 2.16 bits per heavy atom. The fraction of sp³-hybridized carbons (Fsp3) is 0.733. The van der Waals surface area contributed by atoms with Gasteiger partial charge in [0.05, 0.1) is 12.1 Å². The van der Waals surface area contributed by atoms with Crippen LogP contribution in [0.4, 0.5) is 0 Å². The van der Waals surface area contributed by atoms with Gasteiger partial charge in [-0.25, -0.2) is 0 Å². The molecular formula is C15H21N3O. The average Bonchev–Trinajstić information content (AvgIpc) is 2.91. The first-order valence-electron chi connectivity index (χ1n) is 7.24. The maximum Gasteiger partial charge on any atom is 0.241 e. The number of nitrogens with zero attached hydrogens (tertiary/aromatic N) is 2. The van der Waals surface area contributed by atoms with Crippen molar-refractivity contribution < 1.29 is 4.79 Å². The molecule has 0 bridgehead atoms. The summed E-state index contributed by atoms with van der Waals surface area (Å²) in [5.41, 5.74) is 6.03. The van der Waals surface area contributed by atoms with E-state index in [9.17, 15) is 10.1 Å². The molecule has 1 amide bonds. The van der Waals surface area contributed by atoms with Crippen LogP contribution in [0.25, 0.3) is 0 Å². The van der Waals surface area contributed by atoms with E-state index in [0.29, 0.717) is 5.92 Å². The molecule has 2 N–H and O–H groups in total. The zero-order valence-electron chi connectivity index (χ0n) is 11.2. The molecule has 4 unspecified atom stereocenters. The number of hydrogen-bond acceptors (Lipinski definition) is 3. The van der Waals surface area contributed by atoms with Crippen LogP contribution >= 0.6 is 0 Å². The number of nitriles is 1. The van der Waals surface area contributed by atoms with Gasteiger partial charge in [-0.1, -0.05) is 18.9 Å². The van der Waals surface area contributed by atoms with Crippen molar-refractivity contribution in [2.24, 2.45) is 17.1 Å². The first-order chi connectivity index (χ1) is 9.13. The third-order valence-electron chi connectivity index (χ3n) is 5.33. The largest absolute Gasteiger partial charge is 0.322 e. The van der Waals surface area contributed by atoms with E-state index in [1.54, 1.807) is 4.90 Å². The van der Waals surface area contributed by atoms with Crippen LogP contribution in [0.15, 0.2) is 12.7 Å². The molecule has 102 valence electrons. The summed E-state index contributed by atoms with van der Waals surface area (Å²) in [6, 6.07) is 1.76. The minimum Gasteiger partial charge on any atom is -0.322 e. The minimum atomic E-state index is -0.525. The fourth-order valence-corrected chi connectivity index (χ4v) is 3.97. The molecule has 4 atom stereocenters. The summed E-state index contributed by atoms with van der Waals surface area (Å²) in [4.78, 5) is 14.5. The molecule has 19 heavy (non-hydrogen) atoms. The van der Waals surface area contributed by atoms with Crippen molar-refractivity contribution in [3.8, 4) is 6.07 Å². The van der Waals surface area contributed by atoms with E-state index in [1.807, 2.05) is 6.08 Å². The summed E-state index contributed by atoms with van der Waals surface area (Å²) in [5.74, 6) is 0.516. The van der Waals surface area contributed by atoms with Gasteiger partial charge in [0.25, 0.3) is 0 Å². The normalized spacial score (nSPS) is 36.4. The number of amides is 1. The van der Waals surface area contributed by atoms with E-state index in [4.69, 9.17) is 5.73 Å². The monoisotopic (exact) mass is 259 g/mol. The second-order valence-electron chi connectivity index (χ2n) is 6.31. The molecule has 0 aromatic heterocycles. The lowest BCUT2D eigenvalue weighted by atomic mass is 9.78.